The summed E-state index contributed by atoms with van der Waals surface area (Å²) in [6, 6.07) is -1.06. The fourth-order valence-corrected chi connectivity index (χ4v) is 3.53. The summed E-state index contributed by atoms with van der Waals surface area (Å²) in [5, 5.41) is 2.86. The average molecular weight is 288 g/mol. The highest BCUT2D eigenvalue weighted by Crippen LogP contribution is 2.33. The maximum Gasteiger partial charge on any atom is 0.393 e. The second kappa shape index (κ2) is 6.21. The third-order valence-electron chi connectivity index (χ3n) is 2.97. The highest BCUT2D eigenvalue weighted by atomic mass is 32.2. The largest absolute Gasteiger partial charge is 0.393 e. The molecule has 1 rings (SSSR count). The molecular formula is C10H19F3N2O2S. The van der Waals surface area contributed by atoms with Crippen LogP contribution in [0.3, 0.4) is 0 Å². The number of rotatable bonds is 4. The van der Waals surface area contributed by atoms with Crippen LogP contribution in [0, 0.1) is 5.92 Å². The zero-order valence-electron chi connectivity index (χ0n) is 10.3. The molecule has 2 unspecified atom stereocenters. The first-order valence-corrected chi connectivity index (χ1v) is 7.69. The summed E-state index contributed by atoms with van der Waals surface area (Å²) < 4.78 is 64.0. The topological polar surface area (TPSA) is 58.2 Å². The van der Waals surface area contributed by atoms with Crippen molar-refractivity contribution in [2.45, 2.75) is 38.4 Å². The zero-order valence-corrected chi connectivity index (χ0v) is 11.1. The molecule has 4 nitrogen and oxygen atoms in total. The minimum atomic E-state index is -4.37. The van der Waals surface area contributed by atoms with Crippen molar-refractivity contribution >= 4 is 10.0 Å². The van der Waals surface area contributed by atoms with E-state index in [0.717, 1.165) is 0 Å². The Bertz CT molecular complexity index is 357. The summed E-state index contributed by atoms with van der Waals surface area (Å²) in [5.74, 6) is -1.75. The first-order chi connectivity index (χ1) is 8.26. The van der Waals surface area contributed by atoms with E-state index in [-0.39, 0.29) is 25.1 Å². The minimum absolute atomic E-state index is 0.0944. The Morgan fingerprint density at radius 3 is 2.44 bits per heavy atom. The predicted octanol–water partition coefficient (Wildman–Crippen LogP) is 1.25. The molecule has 2 atom stereocenters. The molecule has 0 amide bonds. The molecule has 1 saturated heterocycles. The van der Waals surface area contributed by atoms with Crippen LogP contribution in [0.2, 0.25) is 0 Å². The molecule has 0 radical (unpaired) electrons. The quantitative estimate of drug-likeness (QED) is 0.818. The van der Waals surface area contributed by atoms with E-state index >= 15 is 0 Å². The second-order valence-electron chi connectivity index (χ2n) is 4.52. The molecule has 0 aromatic heterocycles. The maximum atomic E-state index is 12.9. The van der Waals surface area contributed by atoms with Gasteiger partial charge in [-0.3, -0.25) is 0 Å². The fraction of sp³-hybridized carbons (Fsp3) is 1.00. The molecule has 1 aliphatic rings. The highest BCUT2D eigenvalue weighted by molar-refractivity contribution is 7.89. The first-order valence-electron chi connectivity index (χ1n) is 6.03. The molecule has 18 heavy (non-hydrogen) atoms. The number of nitrogens with one attached hydrogen (secondary N) is 2. The summed E-state index contributed by atoms with van der Waals surface area (Å²) in [7, 11) is -3.62. The Balaban J connectivity index is 2.80. The van der Waals surface area contributed by atoms with Gasteiger partial charge in [-0.05, 0) is 32.4 Å². The minimum Gasteiger partial charge on any atom is -0.317 e. The Hall–Kier alpha value is -0.340. The van der Waals surface area contributed by atoms with Gasteiger partial charge >= 0.3 is 6.18 Å². The van der Waals surface area contributed by atoms with Gasteiger partial charge in [-0.15, -0.1) is 0 Å². The SMILES string of the molecule is CCCS(=O)(=O)NC1CCNCCC1C(F)(F)F. The molecule has 0 bridgehead atoms. The molecule has 1 heterocycles. The van der Waals surface area contributed by atoms with Crippen LogP contribution in [0.1, 0.15) is 26.2 Å². The van der Waals surface area contributed by atoms with Gasteiger partial charge in [0.05, 0.1) is 11.7 Å². The fourth-order valence-electron chi connectivity index (χ4n) is 2.13. The van der Waals surface area contributed by atoms with Crippen molar-refractivity contribution in [1.82, 2.24) is 10.0 Å². The van der Waals surface area contributed by atoms with Crippen molar-refractivity contribution in [2.24, 2.45) is 5.92 Å². The molecule has 0 saturated carbocycles. The molecule has 0 aromatic carbocycles. The van der Waals surface area contributed by atoms with Gasteiger partial charge in [0, 0.05) is 6.04 Å². The monoisotopic (exact) mass is 288 g/mol. The number of hydrogen-bond acceptors (Lipinski definition) is 3. The molecule has 0 aromatic rings. The Morgan fingerprint density at radius 1 is 1.28 bits per heavy atom. The van der Waals surface area contributed by atoms with Gasteiger partial charge in [0.1, 0.15) is 0 Å². The average Bonchev–Trinajstić information content (AvgIpc) is 2.41. The van der Waals surface area contributed by atoms with Crippen molar-refractivity contribution in [3.8, 4) is 0 Å². The summed E-state index contributed by atoms with van der Waals surface area (Å²) in [4.78, 5) is 0. The standard InChI is InChI=1S/C10H19F3N2O2S/c1-2-7-18(16,17)15-9-4-6-14-5-3-8(9)10(11,12)13/h8-9,14-15H,2-7H2,1H3. The summed E-state index contributed by atoms with van der Waals surface area (Å²) in [6.07, 6.45) is -3.92. The number of alkyl halides is 3. The molecule has 0 aliphatic carbocycles. The molecule has 2 N–H and O–H groups in total. The smallest absolute Gasteiger partial charge is 0.317 e. The molecular weight excluding hydrogens is 269 g/mol. The zero-order chi connectivity index (χ0) is 13.8. The molecule has 1 fully saturated rings. The summed E-state index contributed by atoms with van der Waals surface area (Å²) >= 11 is 0. The van der Waals surface area contributed by atoms with Gasteiger partial charge < -0.3 is 5.32 Å². The van der Waals surface area contributed by atoms with Crippen LogP contribution in [-0.4, -0.2) is 39.5 Å². The van der Waals surface area contributed by atoms with Crippen LogP contribution in [0.5, 0.6) is 0 Å². The van der Waals surface area contributed by atoms with Gasteiger partial charge in [0.15, 0.2) is 0 Å². The Labute approximate surface area is 105 Å². The van der Waals surface area contributed by atoms with E-state index in [9.17, 15) is 21.6 Å². The van der Waals surface area contributed by atoms with Gasteiger partial charge in [-0.2, -0.15) is 13.2 Å². The number of halogens is 3. The normalized spacial score (nSPS) is 26.9. The third kappa shape index (κ3) is 4.74. The predicted molar refractivity (Wildman–Crippen MR) is 62.7 cm³/mol. The lowest BCUT2D eigenvalue weighted by atomic mass is 9.95. The lowest BCUT2D eigenvalue weighted by Crippen LogP contribution is -2.46. The van der Waals surface area contributed by atoms with Gasteiger partial charge in [-0.1, -0.05) is 6.92 Å². The van der Waals surface area contributed by atoms with Crippen LogP contribution in [0.25, 0.3) is 0 Å². The van der Waals surface area contributed by atoms with Crippen LogP contribution in [0.15, 0.2) is 0 Å². The third-order valence-corrected chi connectivity index (χ3v) is 4.58. The van der Waals surface area contributed by atoms with Crippen LogP contribution < -0.4 is 10.0 Å². The van der Waals surface area contributed by atoms with Crippen molar-refractivity contribution in [3.63, 3.8) is 0 Å². The highest BCUT2D eigenvalue weighted by Gasteiger charge is 2.45. The van der Waals surface area contributed by atoms with Gasteiger partial charge in [-0.25, -0.2) is 13.1 Å². The number of hydrogen-bond donors (Lipinski definition) is 2. The van der Waals surface area contributed by atoms with Gasteiger partial charge in [0.25, 0.3) is 0 Å². The number of sulfonamides is 1. The molecule has 0 spiro atoms. The molecule has 1 aliphatic heterocycles. The van der Waals surface area contributed by atoms with Gasteiger partial charge in [0.2, 0.25) is 10.0 Å². The lowest BCUT2D eigenvalue weighted by molar-refractivity contribution is -0.181. The van der Waals surface area contributed by atoms with E-state index in [4.69, 9.17) is 0 Å². The van der Waals surface area contributed by atoms with Crippen LogP contribution in [0.4, 0.5) is 13.2 Å². The van der Waals surface area contributed by atoms with E-state index in [1.165, 1.54) is 0 Å². The van der Waals surface area contributed by atoms with E-state index in [0.29, 0.717) is 13.0 Å². The molecule has 108 valence electrons. The van der Waals surface area contributed by atoms with E-state index in [1.54, 1.807) is 6.92 Å². The second-order valence-corrected chi connectivity index (χ2v) is 6.39. The van der Waals surface area contributed by atoms with Crippen molar-refractivity contribution in [2.75, 3.05) is 18.8 Å². The van der Waals surface area contributed by atoms with E-state index in [1.807, 2.05) is 0 Å². The molecule has 8 heteroatoms. The maximum absolute atomic E-state index is 12.9. The van der Waals surface area contributed by atoms with Crippen molar-refractivity contribution in [1.29, 1.82) is 0 Å². The summed E-state index contributed by atoms with van der Waals surface area (Å²) in [5.41, 5.74) is 0. The summed E-state index contributed by atoms with van der Waals surface area (Å²) in [6.45, 7) is 2.33. The Morgan fingerprint density at radius 2 is 1.89 bits per heavy atom. The van der Waals surface area contributed by atoms with Crippen LogP contribution in [-0.2, 0) is 10.0 Å². The van der Waals surface area contributed by atoms with Crippen LogP contribution >= 0.6 is 0 Å². The Kier molecular flexibility index (Phi) is 5.42. The van der Waals surface area contributed by atoms with E-state index < -0.39 is 28.2 Å². The van der Waals surface area contributed by atoms with Crippen molar-refractivity contribution < 1.29 is 21.6 Å². The van der Waals surface area contributed by atoms with Crippen molar-refractivity contribution in [3.05, 3.63) is 0 Å². The lowest BCUT2D eigenvalue weighted by Gasteiger charge is -2.27. The van der Waals surface area contributed by atoms with E-state index in [2.05, 4.69) is 10.0 Å². The first kappa shape index (κ1) is 15.7.